The summed E-state index contributed by atoms with van der Waals surface area (Å²) >= 11 is 5.87. The average molecular weight is 200 g/mol. The first kappa shape index (κ1) is 10.3. The molecule has 0 aliphatic rings. The summed E-state index contributed by atoms with van der Waals surface area (Å²) in [7, 11) is 0. The van der Waals surface area contributed by atoms with Gasteiger partial charge in [-0.15, -0.1) is 0 Å². The van der Waals surface area contributed by atoms with Gasteiger partial charge in [-0.05, 0) is 30.2 Å². The quantitative estimate of drug-likeness (QED) is 0.627. The van der Waals surface area contributed by atoms with Gasteiger partial charge in [0.2, 0.25) is 0 Å². The molecule has 1 aromatic rings. The number of anilines is 1. The van der Waals surface area contributed by atoms with Gasteiger partial charge in [0.25, 0.3) is 0 Å². The highest BCUT2D eigenvalue weighted by Gasteiger charge is 2.10. The van der Waals surface area contributed by atoms with Gasteiger partial charge in [0.15, 0.2) is 0 Å². The molecule has 0 aliphatic heterocycles. The lowest BCUT2D eigenvalue weighted by Gasteiger charge is -2.14. The summed E-state index contributed by atoms with van der Waals surface area (Å²) in [6, 6.07) is 3.34. The van der Waals surface area contributed by atoms with E-state index in [4.69, 9.17) is 28.8 Å². The van der Waals surface area contributed by atoms with Crippen molar-refractivity contribution in [1.29, 1.82) is 0 Å². The lowest BCUT2D eigenvalue weighted by atomic mass is 10.0. The summed E-state index contributed by atoms with van der Waals surface area (Å²) in [5.74, 6) is 0. The van der Waals surface area contributed by atoms with E-state index in [1.807, 2.05) is 13.0 Å². The van der Waals surface area contributed by atoms with Gasteiger partial charge in [-0.1, -0.05) is 11.6 Å². The molecular formula is C9H14ClN3. The van der Waals surface area contributed by atoms with Crippen molar-refractivity contribution in [3.05, 3.63) is 28.3 Å². The fourth-order valence-electron chi connectivity index (χ4n) is 1.21. The Morgan fingerprint density at radius 2 is 2.08 bits per heavy atom. The fourth-order valence-corrected chi connectivity index (χ4v) is 1.50. The predicted molar refractivity (Wildman–Crippen MR) is 56.6 cm³/mol. The van der Waals surface area contributed by atoms with E-state index >= 15 is 0 Å². The largest absolute Gasteiger partial charge is 0.398 e. The van der Waals surface area contributed by atoms with Crippen LogP contribution in [-0.2, 0) is 0 Å². The number of hydrogen-bond donors (Lipinski definition) is 3. The summed E-state index contributed by atoms with van der Waals surface area (Å²) in [5.41, 5.74) is 19.5. The molecule has 0 heterocycles. The SMILES string of the molecule is Cc1cc(Cl)cc([C@@H](N)CN)c1N. The van der Waals surface area contributed by atoms with Crippen LogP contribution in [0.5, 0.6) is 0 Å². The van der Waals surface area contributed by atoms with E-state index in [1.54, 1.807) is 6.07 Å². The van der Waals surface area contributed by atoms with E-state index in [1.165, 1.54) is 0 Å². The van der Waals surface area contributed by atoms with Crippen LogP contribution in [0.2, 0.25) is 5.02 Å². The van der Waals surface area contributed by atoms with Gasteiger partial charge in [-0.25, -0.2) is 0 Å². The summed E-state index contributed by atoms with van der Waals surface area (Å²) in [5, 5.41) is 0.644. The van der Waals surface area contributed by atoms with Crippen molar-refractivity contribution in [3.63, 3.8) is 0 Å². The van der Waals surface area contributed by atoms with Crippen molar-refractivity contribution in [2.45, 2.75) is 13.0 Å². The van der Waals surface area contributed by atoms with Crippen molar-refractivity contribution < 1.29 is 0 Å². The Kier molecular flexibility index (Phi) is 3.14. The Balaban J connectivity index is 3.20. The van der Waals surface area contributed by atoms with Gasteiger partial charge in [0.05, 0.1) is 0 Å². The van der Waals surface area contributed by atoms with E-state index in [0.29, 0.717) is 17.3 Å². The number of hydrogen-bond acceptors (Lipinski definition) is 3. The van der Waals surface area contributed by atoms with Gasteiger partial charge in [0.1, 0.15) is 0 Å². The highest BCUT2D eigenvalue weighted by molar-refractivity contribution is 6.30. The zero-order valence-corrected chi connectivity index (χ0v) is 8.31. The van der Waals surface area contributed by atoms with Gasteiger partial charge < -0.3 is 17.2 Å². The Bertz CT molecular complexity index is 312. The second kappa shape index (κ2) is 3.96. The van der Waals surface area contributed by atoms with E-state index in [9.17, 15) is 0 Å². The molecule has 6 N–H and O–H groups in total. The first-order chi connectivity index (χ1) is 6.06. The number of aryl methyl sites for hydroxylation is 1. The van der Waals surface area contributed by atoms with Crippen LogP contribution in [0.4, 0.5) is 5.69 Å². The number of rotatable bonds is 2. The molecule has 0 bridgehead atoms. The minimum Gasteiger partial charge on any atom is -0.398 e. The second-order valence-electron chi connectivity index (χ2n) is 3.07. The number of nitrogen functional groups attached to an aromatic ring is 1. The molecule has 0 spiro atoms. The summed E-state index contributed by atoms with van der Waals surface area (Å²) in [6.07, 6.45) is 0. The molecule has 4 heteroatoms. The van der Waals surface area contributed by atoms with Crippen LogP contribution in [0, 0.1) is 6.92 Å². The first-order valence-electron chi connectivity index (χ1n) is 4.07. The Labute approximate surface area is 82.8 Å². The van der Waals surface area contributed by atoms with Crippen LogP contribution in [-0.4, -0.2) is 6.54 Å². The van der Waals surface area contributed by atoms with Crippen LogP contribution in [0.1, 0.15) is 17.2 Å². The van der Waals surface area contributed by atoms with E-state index in [0.717, 1.165) is 11.1 Å². The zero-order chi connectivity index (χ0) is 10.0. The molecule has 0 unspecified atom stereocenters. The van der Waals surface area contributed by atoms with Crippen LogP contribution in [0.15, 0.2) is 12.1 Å². The number of nitrogens with two attached hydrogens (primary N) is 3. The maximum atomic E-state index is 5.87. The summed E-state index contributed by atoms with van der Waals surface area (Å²) in [6.45, 7) is 2.26. The highest BCUT2D eigenvalue weighted by Crippen LogP contribution is 2.26. The zero-order valence-electron chi connectivity index (χ0n) is 7.55. The minimum absolute atomic E-state index is 0.239. The summed E-state index contributed by atoms with van der Waals surface area (Å²) in [4.78, 5) is 0. The van der Waals surface area contributed by atoms with Gasteiger partial charge in [-0.3, -0.25) is 0 Å². The fraction of sp³-hybridized carbons (Fsp3) is 0.333. The van der Waals surface area contributed by atoms with Crippen molar-refractivity contribution in [1.82, 2.24) is 0 Å². The molecule has 1 atom stereocenters. The van der Waals surface area contributed by atoms with E-state index < -0.39 is 0 Å². The van der Waals surface area contributed by atoms with Crippen molar-refractivity contribution in [2.24, 2.45) is 11.5 Å². The number of benzene rings is 1. The Morgan fingerprint density at radius 1 is 1.46 bits per heavy atom. The Morgan fingerprint density at radius 3 is 2.62 bits per heavy atom. The van der Waals surface area contributed by atoms with E-state index in [-0.39, 0.29) is 6.04 Å². The average Bonchev–Trinajstić information content (AvgIpc) is 2.10. The molecule has 0 saturated carbocycles. The van der Waals surface area contributed by atoms with Gasteiger partial charge >= 0.3 is 0 Å². The third-order valence-electron chi connectivity index (χ3n) is 2.04. The molecule has 3 nitrogen and oxygen atoms in total. The van der Waals surface area contributed by atoms with E-state index in [2.05, 4.69) is 0 Å². The maximum absolute atomic E-state index is 5.87. The highest BCUT2D eigenvalue weighted by atomic mass is 35.5. The van der Waals surface area contributed by atoms with Gasteiger partial charge in [-0.2, -0.15) is 0 Å². The summed E-state index contributed by atoms with van der Waals surface area (Å²) < 4.78 is 0. The van der Waals surface area contributed by atoms with Crippen LogP contribution in [0.25, 0.3) is 0 Å². The topological polar surface area (TPSA) is 78.1 Å². The predicted octanol–water partition coefficient (Wildman–Crippen LogP) is 1.19. The molecule has 0 saturated heterocycles. The van der Waals surface area contributed by atoms with Crippen molar-refractivity contribution in [3.8, 4) is 0 Å². The maximum Gasteiger partial charge on any atom is 0.0440 e. The number of halogens is 1. The molecule has 0 aliphatic carbocycles. The molecule has 0 fully saturated rings. The monoisotopic (exact) mass is 199 g/mol. The molecular weight excluding hydrogens is 186 g/mol. The normalized spacial score (nSPS) is 12.9. The van der Waals surface area contributed by atoms with Crippen LogP contribution >= 0.6 is 11.6 Å². The lowest BCUT2D eigenvalue weighted by molar-refractivity contribution is 0.739. The smallest absolute Gasteiger partial charge is 0.0440 e. The molecule has 0 aromatic heterocycles. The van der Waals surface area contributed by atoms with Crippen LogP contribution < -0.4 is 17.2 Å². The first-order valence-corrected chi connectivity index (χ1v) is 4.45. The molecule has 0 radical (unpaired) electrons. The lowest BCUT2D eigenvalue weighted by Crippen LogP contribution is -2.22. The molecule has 0 amide bonds. The van der Waals surface area contributed by atoms with Gasteiger partial charge in [0, 0.05) is 23.3 Å². The molecule has 72 valence electrons. The second-order valence-corrected chi connectivity index (χ2v) is 3.50. The third-order valence-corrected chi connectivity index (χ3v) is 2.26. The molecule has 1 aromatic carbocycles. The minimum atomic E-state index is -0.239. The molecule has 13 heavy (non-hydrogen) atoms. The van der Waals surface area contributed by atoms with Crippen LogP contribution in [0.3, 0.4) is 0 Å². The standard InChI is InChI=1S/C9H14ClN3/c1-5-2-6(10)3-7(9(5)13)8(12)4-11/h2-3,8H,4,11-13H2,1H3/t8-/m0/s1. The molecule has 1 rings (SSSR count). The van der Waals surface area contributed by atoms with Crippen molar-refractivity contribution >= 4 is 17.3 Å². The Hall–Kier alpha value is -0.770. The third kappa shape index (κ3) is 2.12. The van der Waals surface area contributed by atoms with Crippen molar-refractivity contribution in [2.75, 3.05) is 12.3 Å².